The maximum absolute atomic E-state index is 11.8. The topological polar surface area (TPSA) is 85.3 Å². The van der Waals surface area contributed by atoms with Crippen molar-refractivity contribution < 1.29 is 9.32 Å². The smallest absolute Gasteiger partial charge is 0.277 e. The Labute approximate surface area is 99.1 Å². The number of hydrogen-bond acceptors (Lipinski definition) is 6. The van der Waals surface area contributed by atoms with Gasteiger partial charge in [0.15, 0.2) is 5.82 Å². The van der Waals surface area contributed by atoms with Gasteiger partial charge in [-0.1, -0.05) is 16.5 Å². The van der Waals surface area contributed by atoms with Crippen LogP contribution in [0.4, 0.5) is 5.82 Å². The van der Waals surface area contributed by atoms with Gasteiger partial charge in [0.2, 0.25) is 4.96 Å². The SMILES string of the molecule is Cc1cc(NC(=O)c2cn3ncsc3n2)no1. The van der Waals surface area contributed by atoms with E-state index in [4.69, 9.17) is 4.52 Å². The fourth-order valence-corrected chi connectivity index (χ4v) is 1.96. The Balaban J connectivity index is 1.84. The zero-order chi connectivity index (χ0) is 11.8. The van der Waals surface area contributed by atoms with E-state index in [1.165, 1.54) is 11.3 Å². The zero-order valence-corrected chi connectivity index (χ0v) is 9.56. The van der Waals surface area contributed by atoms with Gasteiger partial charge in [0.1, 0.15) is 17.0 Å². The summed E-state index contributed by atoms with van der Waals surface area (Å²) in [5.41, 5.74) is 1.95. The summed E-state index contributed by atoms with van der Waals surface area (Å²) in [4.78, 5) is 16.6. The molecule has 1 amide bonds. The lowest BCUT2D eigenvalue weighted by Gasteiger charge is -1.95. The van der Waals surface area contributed by atoms with Crippen molar-refractivity contribution in [3.8, 4) is 0 Å². The number of hydrogen-bond donors (Lipinski definition) is 1. The van der Waals surface area contributed by atoms with E-state index in [2.05, 4.69) is 20.6 Å². The zero-order valence-electron chi connectivity index (χ0n) is 8.75. The summed E-state index contributed by atoms with van der Waals surface area (Å²) in [6.45, 7) is 1.75. The van der Waals surface area contributed by atoms with Crippen molar-refractivity contribution >= 4 is 28.0 Å². The highest BCUT2D eigenvalue weighted by molar-refractivity contribution is 7.14. The van der Waals surface area contributed by atoms with E-state index in [1.807, 2.05) is 0 Å². The molecule has 0 aliphatic heterocycles. The summed E-state index contributed by atoms with van der Waals surface area (Å²) in [7, 11) is 0. The van der Waals surface area contributed by atoms with Crippen LogP contribution in [0.25, 0.3) is 4.96 Å². The fraction of sp³-hybridized carbons (Fsp3) is 0.111. The number of imidazole rings is 1. The minimum atomic E-state index is -0.337. The first kappa shape index (κ1) is 9.97. The van der Waals surface area contributed by atoms with E-state index in [0.29, 0.717) is 22.2 Å². The number of amides is 1. The molecular weight excluding hydrogens is 242 g/mol. The van der Waals surface area contributed by atoms with Gasteiger partial charge in [0.25, 0.3) is 5.91 Å². The van der Waals surface area contributed by atoms with E-state index in [1.54, 1.807) is 29.2 Å². The normalized spacial score (nSPS) is 10.9. The molecule has 0 aliphatic rings. The van der Waals surface area contributed by atoms with Gasteiger partial charge >= 0.3 is 0 Å². The summed E-state index contributed by atoms with van der Waals surface area (Å²) in [5, 5.41) is 10.2. The number of nitrogens with zero attached hydrogens (tertiary/aromatic N) is 4. The van der Waals surface area contributed by atoms with Crippen LogP contribution in [0.2, 0.25) is 0 Å². The van der Waals surface area contributed by atoms with Gasteiger partial charge in [0, 0.05) is 6.07 Å². The molecule has 3 aromatic rings. The number of carbonyl (C=O) groups excluding carboxylic acids is 1. The number of rotatable bonds is 2. The van der Waals surface area contributed by atoms with Crippen LogP contribution < -0.4 is 5.32 Å². The average Bonchev–Trinajstić information content (AvgIpc) is 2.92. The van der Waals surface area contributed by atoms with Crippen molar-refractivity contribution in [2.75, 3.05) is 5.32 Å². The predicted octanol–water partition coefficient (Wildman–Crippen LogP) is 1.34. The second-order valence-corrected chi connectivity index (χ2v) is 4.18. The highest BCUT2D eigenvalue weighted by Crippen LogP contribution is 2.12. The highest BCUT2D eigenvalue weighted by Gasteiger charge is 2.13. The lowest BCUT2D eigenvalue weighted by Crippen LogP contribution is -2.12. The Morgan fingerprint density at radius 1 is 1.59 bits per heavy atom. The first-order chi connectivity index (χ1) is 8.22. The standard InChI is InChI=1S/C9H7N5O2S/c1-5-2-7(13-16-5)12-8(15)6-3-14-9(11-6)17-4-10-14/h2-4H,1H3,(H,12,13,15). The lowest BCUT2D eigenvalue weighted by atomic mass is 10.4. The van der Waals surface area contributed by atoms with Gasteiger partial charge in [-0.05, 0) is 6.92 Å². The molecular formula is C9H7N5O2S. The summed E-state index contributed by atoms with van der Waals surface area (Å²) in [6, 6.07) is 1.63. The van der Waals surface area contributed by atoms with Gasteiger partial charge in [0.05, 0.1) is 6.20 Å². The van der Waals surface area contributed by atoms with E-state index >= 15 is 0 Å². The van der Waals surface area contributed by atoms with Crippen LogP contribution in [0.1, 0.15) is 16.2 Å². The second-order valence-electron chi connectivity index (χ2n) is 3.37. The molecule has 0 saturated heterocycles. The molecule has 0 unspecified atom stereocenters. The monoisotopic (exact) mass is 249 g/mol. The third-order valence-corrected chi connectivity index (χ3v) is 2.78. The van der Waals surface area contributed by atoms with Crippen molar-refractivity contribution in [1.29, 1.82) is 0 Å². The summed E-state index contributed by atoms with van der Waals surface area (Å²) < 4.78 is 6.39. The van der Waals surface area contributed by atoms with E-state index in [9.17, 15) is 4.79 Å². The minimum Gasteiger partial charge on any atom is -0.360 e. The molecule has 1 N–H and O–H groups in total. The van der Waals surface area contributed by atoms with Crippen LogP contribution in [-0.4, -0.2) is 25.7 Å². The third kappa shape index (κ3) is 1.78. The van der Waals surface area contributed by atoms with Crippen LogP contribution in [0.15, 0.2) is 22.3 Å². The molecule has 0 spiro atoms. The van der Waals surface area contributed by atoms with E-state index in [-0.39, 0.29) is 5.91 Å². The number of aryl methyl sites for hydroxylation is 1. The molecule has 7 nitrogen and oxygen atoms in total. The molecule has 0 bridgehead atoms. The molecule has 3 rings (SSSR count). The second kappa shape index (κ2) is 3.67. The van der Waals surface area contributed by atoms with Crippen molar-refractivity contribution in [2.45, 2.75) is 6.92 Å². The molecule has 3 heterocycles. The Hall–Kier alpha value is -2.22. The number of nitrogens with one attached hydrogen (secondary N) is 1. The molecule has 0 fully saturated rings. The van der Waals surface area contributed by atoms with Crippen LogP contribution in [0, 0.1) is 6.92 Å². The molecule has 0 atom stereocenters. The number of fused-ring (bicyclic) bond motifs is 1. The van der Waals surface area contributed by atoms with Gasteiger partial charge < -0.3 is 9.84 Å². The lowest BCUT2D eigenvalue weighted by molar-refractivity contribution is 0.102. The number of anilines is 1. The Kier molecular flexibility index (Phi) is 2.15. The quantitative estimate of drug-likeness (QED) is 0.740. The van der Waals surface area contributed by atoms with Crippen LogP contribution >= 0.6 is 11.3 Å². The first-order valence-electron chi connectivity index (χ1n) is 4.76. The molecule has 0 saturated carbocycles. The van der Waals surface area contributed by atoms with Crippen LogP contribution in [-0.2, 0) is 0 Å². The highest BCUT2D eigenvalue weighted by atomic mass is 32.1. The van der Waals surface area contributed by atoms with Crippen LogP contribution in [0.3, 0.4) is 0 Å². The largest absolute Gasteiger partial charge is 0.360 e. The number of aromatic nitrogens is 4. The molecule has 17 heavy (non-hydrogen) atoms. The Morgan fingerprint density at radius 3 is 3.18 bits per heavy atom. The molecule has 3 aromatic heterocycles. The van der Waals surface area contributed by atoms with Gasteiger partial charge in [-0.15, -0.1) is 0 Å². The summed E-state index contributed by atoms with van der Waals surface area (Å²) >= 11 is 1.36. The van der Waals surface area contributed by atoms with Crippen LogP contribution in [0.5, 0.6) is 0 Å². The van der Waals surface area contributed by atoms with Crippen molar-refractivity contribution in [2.24, 2.45) is 0 Å². The molecule has 0 aromatic carbocycles. The summed E-state index contributed by atoms with van der Waals surface area (Å²) in [6.07, 6.45) is 1.56. The van der Waals surface area contributed by atoms with Gasteiger partial charge in [-0.25, -0.2) is 9.50 Å². The summed E-state index contributed by atoms with van der Waals surface area (Å²) in [5.74, 6) is 0.667. The molecule has 0 radical (unpaired) electrons. The van der Waals surface area contributed by atoms with Gasteiger partial charge in [-0.2, -0.15) is 5.10 Å². The molecule has 8 heteroatoms. The first-order valence-corrected chi connectivity index (χ1v) is 5.64. The van der Waals surface area contributed by atoms with Gasteiger partial charge in [-0.3, -0.25) is 4.79 Å². The minimum absolute atomic E-state index is 0.296. The maximum Gasteiger partial charge on any atom is 0.277 e. The van der Waals surface area contributed by atoms with E-state index < -0.39 is 0 Å². The third-order valence-electron chi connectivity index (χ3n) is 2.09. The Morgan fingerprint density at radius 2 is 2.47 bits per heavy atom. The average molecular weight is 249 g/mol. The van der Waals surface area contributed by atoms with Crippen molar-refractivity contribution in [3.63, 3.8) is 0 Å². The Bertz CT molecular complexity index is 654. The number of carbonyl (C=O) groups is 1. The molecule has 86 valence electrons. The van der Waals surface area contributed by atoms with Crippen molar-refractivity contribution in [1.82, 2.24) is 19.8 Å². The maximum atomic E-state index is 11.8. The van der Waals surface area contributed by atoms with E-state index in [0.717, 1.165) is 0 Å². The van der Waals surface area contributed by atoms with Crippen molar-refractivity contribution in [3.05, 3.63) is 29.2 Å². The fourth-order valence-electron chi connectivity index (χ4n) is 1.35. The predicted molar refractivity (Wildman–Crippen MR) is 60.1 cm³/mol. The molecule has 0 aliphatic carbocycles.